The fourth-order valence-corrected chi connectivity index (χ4v) is 4.99. The summed E-state index contributed by atoms with van der Waals surface area (Å²) in [5.41, 5.74) is 0.421. The number of rotatable bonds is 6. The molecule has 0 N–H and O–H groups in total. The lowest BCUT2D eigenvalue weighted by Gasteiger charge is -2.31. The van der Waals surface area contributed by atoms with Crippen LogP contribution in [0.4, 0.5) is 8.78 Å². The number of thioether (sulfide) groups is 1. The van der Waals surface area contributed by atoms with E-state index in [1.807, 2.05) is 7.05 Å². The fraction of sp³-hybridized carbons (Fsp3) is 0.600. The first-order chi connectivity index (χ1) is 13.6. The van der Waals surface area contributed by atoms with E-state index >= 15 is 0 Å². The van der Waals surface area contributed by atoms with Crippen molar-refractivity contribution in [2.45, 2.75) is 49.4 Å². The van der Waals surface area contributed by atoms with E-state index < -0.39 is 5.82 Å². The minimum atomic E-state index is -0.390. The maximum absolute atomic E-state index is 13.9. The van der Waals surface area contributed by atoms with Gasteiger partial charge in [0.1, 0.15) is 17.5 Å². The van der Waals surface area contributed by atoms with Crippen LogP contribution in [0, 0.1) is 11.6 Å². The van der Waals surface area contributed by atoms with Gasteiger partial charge in [0.25, 0.3) is 0 Å². The topological polar surface area (TPSA) is 43.2 Å². The zero-order chi connectivity index (χ0) is 19.5. The summed E-state index contributed by atoms with van der Waals surface area (Å²) in [6, 6.07) is 3.65. The number of piperidine rings is 1. The highest BCUT2D eigenvalue weighted by molar-refractivity contribution is 7.99. The van der Waals surface area contributed by atoms with Crippen LogP contribution in [0.25, 0.3) is 0 Å². The van der Waals surface area contributed by atoms with Crippen molar-refractivity contribution < 1.29 is 13.5 Å². The summed E-state index contributed by atoms with van der Waals surface area (Å²) in [4.78, 5) is 2.18. The van der Waals surface area contributed by atoms with Crippen molar-refractivity contribution in [2.75, 3.05) is 25.4 Å². The number of ether oxygens (including phenoxy) is 1. The molecule has 1 atom stereocenters. The molecule has 2 aliphatic heterocycles. The average Bonchev–Trinajstić information content (AvgIpc) is 3.34. The van der Waals surface area contributed by atoms with Gasteiger partial charge in [-0.05, 0) is 57.0 Å². The predicted molar refractivity (Wildman–Crippen MR) is 104 cm³/mol. The van der Waals surface area contributed by atoms with Crippen molar-refractivity contribution in [3.8, 4) is 0 Å². The molecule has 0 saturated carbocycles. The zero-order valence-corrected chi connectivity index (χ0v) is 16.9. The summed E-state index contributed by atoms with van der Waals surface area (Å²) in [6.07, 6.45) is 4.49. The second-order valence-corrected chi connectivity index (χ2v) is 8.62. The maximum Gasteiger partial charge on any atom is 0.191 e. The van der Waals surface area contributed by atoms with Gasteiger partial charge in [-0.15, -0.1) is 10.2 Å². The van der Waals surface area contributed by atoms with Crippen LogP contribution in [0.2, 0.25) is 0 Å². The number of hydrogen-bond acceptors (Lipinski definition) is 5. The molecule has 8 heteroatoms. The molecule has 3 heterocycles. The largest absolute Gasteiger partial charge is 0.377 e. The minimum Gasteiger partial charge on any atom is -0.377 e. The third-order valence-electron chi connectivity index (χ3n) is 5.65. The molecule has 2 fully saturated rings. The van der Waals surface area contributed by atoms with E-state index in [1.165, 1.54) is 12.1 Å². The van der Waals surface area contributed by atoms with E-state index in [-0.39, 0.29) is 5.82 Å². The van der Waals surface area contributed by atoms with Gasteiger partial charge in [-0.2, -0.15) is 0 Å². The molecule has 2 aromatic rings. The van der Waals surface area contributed by atoms with E-state index in [0.29, 0.717) is 24.1 Å². The normalized spacial score (nSPS) is 21.5. The van der Waals surface area contributed by atoms with Crippen LogP contribution < -0.4 is 0 Å². The van der Waals surface area contributed by atoms with Crippen molar-refractivity contribution >= 4 is 11.8 Å². The van der Waals surface area contributed by atoms with Gasteiger partial charge in [0.15, 0.2) is 5.16 Å². The Kier molecular flexibility index (Phi) is 6.28. The number of likely N-dealkylation sites (tertiary alicyclic amines) is 1. The molecule has 0 bridgehead atoms. The van der Waals surface area contributed by atoms with Crippen molar-refractivity contribution in [2.24, 2.45) is 7.05 Å². The van der Waals surface area contributed by atoms with Gasteiger partial charge < -0.3 is 9.30 Å². The van der Waals surface area contributed by atoms with E-state index in [9.17, 15) is 8.78 Å². The quantitative estimate of drug-likeness (QED) is 0.681. The second-order valence-electron chi connectivity index (χ2n) is 7.63. The number of aromatic nitrogens is 3. The molecule has 1 aromatic carbocycles. The molecule has 0 spiro atoms. The van der Waals surface area contributed by atoms with Crippen molar-refractivity contribution in [3.05, 3.63) is 41.2 Å². The first-order valence-electron chi connectivity index (χ1n) is 9.90. The number of hydrogen-bond donors (Lipinski definition) is 0. The summed E-state index contributed by atoms with van der Waals surface area (Å²) in [7, 11) is 2.03. The molecule has 5 nitrogen and oxygen atoms in total. The Labute approximate surface area is 168 Å². The second kappa shape index (κ2) is 8.88. The first-order valence-corrected chi connectivity index (χ1v) is 10.9. The van der Waals surface area contributed by atoms with Crippen molar-refractivity contribution in [1.82, 2.24) is 19.7 Å². The molecular weight excluding hydrogens is 382 g/mol. The van der Waals surface area contributed by atoms with Gasteiger partial charge in [0.2, 0.25) is 0 Å². The SMILES string of the molecule is Cn1c(SC[C@@H]2CCCO2)nnc1C1CCN(Cc2cc(F)ccc2F)CC1. The summed E-state index contributed by atoms with van der Waals surface area (Å²) in [5.74, 6) is 1.56. The Morgan fingerprint density at radius 2 is 2.00 bits per heavy atom. The molecule has 152 valence electrons. The van der Waals surface area contributed by atoms with Crippen molar-refractivity contribution in [1.29, 1.82) is 0 Å². The van der Waals surface area contributed by atoms with Gasteiger partial charge in [0.05, 0.1) is 6.10 Å². The zero-order valence-electron chi connectivity index (χ0n) is 16.1. The van der Waals surface area contributed by atoms with Crippen LogP contribution in [0.3, 0.4) is 0 Å². The van der Waals surface area contributed by atoms with Crippen LogP contribution >= 0.6 is 11.8 Å². The Balaban J connectivity index is 1.31. The predicted octanol–water partition coefficient (Wildman–Crippen LogP) is 3.74. The van der Waals surface area contributed by atoms with Crippen LogP contribution in [-0.2, 0) is 18.3 Å². The lowest BCUT2D eigenvalue weighted by atomic mass is 9.95. The number of nitrogens with zero attached hydrogens (tertiary/aromatic N) is 4. The fourth-order valence-electron chi connectivity index (χ4n) is 4.01. The van der Waals surface area contributed by atoms with Crippen LogP contribution in [0.1, 0.15) is 43.0 Å². The van der Waals surface area contributed by atoms with Crippen LogP contribution in [-0.4, -0.2) is 51.2 Å². The highest BCUT2D eigenvalue weighted by atomic mass is 32.2. The minimum absolute atomic E-state index is 0.330. The van der Waals surface area contributed by atoms with Gasteiger partial charge in [-0.1, -0.05) is 11.8 Å². The lowest BCUT2D eigenvalue weighted by Crippen LogP contribution is -2.33. The Morgan fingerprint density at radius 1 is 1.18 bits per heavy atom. The molecule has 0 aliphatic carbocycles. The van der Waals surface area contributed by atoms with Crippen molar-refractivity contribution in [3.63, 3.8) is 0 Å². The third kappa shape index (κ3) is 4.55. The first kappa shape index (κ1) is 19.8. The average molecular weight is 409 g/mol. The molecular formula is C20H26F2N4OS. The number of benzene rings is 1. The summed E-state index contributed by atoms with van der Waals surface area (Å²) in [6.45, 7) is 2.99. The highest BCUT2D eigenvalue weighted by Gasteiger charge is 2.26. The molecule has 0 amide bonds. The smallest absolute Gasteiger partial charge is 0.191 e. The Bertz CT molecular complexity index is 801. The summed E-state index contributed by atoms with van der Waals surface area (Å²) in [5, 5.41) is 9.76. The van der Waals surface area contributed by atoms with Gasteiger partial charge in [-0.25, -0.2) is 8.78 Å². The molecule has 28 heavy (non-hydrogen) atoms. The van der Waals surface area contributed by atoms with Gasteiger partial charge in [-0.3, -0.25) is 4.90 Å². The number of halogens is 2. The molecule has 0 radical (unpaired) electrons. The molecule has 4 rings (SSSR count). The van der Waals surface area contributed by atoms with Gasteiger partial charge >= 0.3 is 0 Å². The lowest BCUT2D eigenvalue weighted by molar-refractivity contribution is 0.129. The van der Waals surface area contributed by atoms with Crippen LogP contribution in [0.15, 0.2) is 23.4 Å². The summed E-state index contributed by atoms with van der Waals surface area (Å²) >= 11 is 1.71. The highest BCUT2D eigenvalue weighted by Crippen LogP contribution is 2.30. The molecule has 0 unspecified atom stereocenters. The van der Waals surface area contributed by atoms with Gasteiger partial charge in [0, 0.05) is 37.4 Å². The Hall–Kier alpha value is -1.51. The van der Waals surface area contributed by atoms with E-state index in [1.54, 1.807) is 11.8 Å². The Morgan fingerprint density at radius 3 is 2.75 bits per heavy atom. The molecule has 2 aliphatic rings. The monoisotopic (exact) mass is 408 g/mol. The van der Waals surface area contributed by atoms with Crippen LogP contribution in [0.5, 0.6) is 0 Å². The van der Waals surface area contributed by atoms with E-state index in [4.69, 9.17) is 4.74 Å². The standard InChI is InChI=1S/C20H26F2N4OS/c1-25-19(23-24-20(25)28-13-17-3-2-10-27-17)14-6-8-26(9-7-14)12-15-11-16(21)4-5-18(15)22/h4-5,11,14,17H,2-3,6-10,12-13H2,1H3/t17-/m0/s1. The maximum atomic E-state index is 13.9. The van der Waals surface area contributed by atoms with E-state index in [0.717, 1.165) is 68.2 Å². The third-order valence-corrected chi connectivity index (χ3v) is 6.80. The summed E-state index contributed by atoms with van der Waals surface area (Å²) < 4.78 is 35.0. The molecule has 2 saturated heterocycles. The van der Waals surface area contributed by atoms with E-state index in [2.05, 4.69) is 19.7 Å². The molecule has 1 aromatic heterocycles.